The van der Waals surface area contributed by atoms with E-state index < -0.39 is 5.51 Å². The zero-order chi connectivity index (χ0) is 13.3. The van der Waals surface area contributed by atoms with Gasteiger partial charge in [0.25, 0.3) is 0 Å². The Morgan fingerprint density at radius 3 is 2.47 bits per heavy atom. The van der Waals surface area contributed by atoms with Crippen molar-refractivity contribution in [3.8, 4) is 0 Å². The van der Waals surface area contributed by atoms with Crippen LogP contribution in [0.1, 0.15) is 20.3 Å². The van der Waals surface area contributed by atoms with Crippen molar-refractivity contribution >= 4 is 17.7 Å². The molecule has 0 aliphatic rings. The third-order valence-corrected chi connectivity index (χ3v) is 2.52. The van der Waals surface area contributed by atoms with Crippen molar-refractivity contribution < 1.29 is 18.0 Å². The van der Waals surface area contributed by atoms with E-state index in [1.807, 2.05) is 13.8 Å². The average Bonchev–Trinajstić information content (AvgIpc) is 2.18. The van der Waals surface area contributed by atoms with Gasteiger partial charge in [-0.15, -0.1) is 0 Å². The Morgan fingerprint density at radius 1 is 1.29 bits per heavy atom. The van der Waals surface area contributed by atoms with Crippen LogP contribution >= 0.6 is 11.8 Å². The zero-order valence-corrected chi connectivity index (χ0v) is 10.9. The molecule has 0 atom stereocenters. The van der Waals surface area contributed by atoms with E-state index in [0.29, 0.717) is 25.4 Å². The summed E-state index contributed by atoms with van der Waals surface area (Å²) in [6, 6.07) is 0. The summed E-state index contributed by atoms with van der Waals surface area (Å²) in [5.41, 5.74) is -4.17. The summed E-state index contributed by atoms with van der Waals surface area (Å²) in [5.74, 6) is 0.293. The van der Waals surface area contributed by atoms with Crippen LogP contribution in [0.4, 0.5) is 13.2 Å². The molecule has 0 saturated carbocycles. The molecule has 7 heteroatoms. The molecule has 0 heterocycles. The van der Waals surface area contributed by atoms with E-state index in [4.69, 9.17) is 0 Å². The van der Waals surface area contributed by atoms with Gasteiger partial charge in [0.1, 0.15) is 0 Å². The molecule has 1 amide bonds. The summed E-state index contributed by atoms with van der Waals surface area (Å²) in [7, 11) is 0. The molecule has 0 aromatic rings. The van der Waals surface area contributed by atoms with Crippen LogP contribution in [0.15, 0.2) is 0 Å². The van der Waals surface area contributed by atoms with E-state index in [1.165, 1.54) is 0 Å². The summed E-state index contributed by atoms with van der Waals surface area (Å²) in [6.07, 6.45) is 0.295. The topological polar surface area (TPSA) is 41.1 Å². The Labute approximate surface area is 104 Å². The number of rotatable bonds is 8. The van der Waals surface area contributed by atoms with Gasteiger partial charge in [0, 0.05) is 31.8 Å². The second kappa shape index (κ2) is 8.63. The lowest BCUT2D eigenvalue weighted by atomic mass is 10.2. The fourth-order valence-corrected chi connectivity index (χ4v) is 1.45. The third-order valence-electron chi connectivity index (χ3n) is 1.78. The van der Waals surface area contributed by atoms with Crippen molar-refractivity contribution in [2.24, 2.45) is 5.92 Å². The number of amides is 1. The van der Waals surface area contributed by atoms with Crippen LogP contribution in [-0.2, 0) is 4.79 Å². The predicted molar refractivity (Wildman–Crippen MR) is 63.8 cm³/mol. The summed E-state index contributed by atoms with van der Waals surface area (Å²) < 4.78 is 35.2. The van der Waals surface area contributed by atoms with Crippen molar-refractivity contribution in [3.63, 3.8) is 0 Å². The molecule has 3 nitrogen and oxygen atoms in total. The van der Waals surface area contributed by atoms with Gasteiger partial charge in [0.15, 0.2) is 0 Å². The molecule has 0 radical (unpaired) electrons. The van der Waals surface area contributed by atoms with Gasteiger partial charge in [-0.25, -0.2) is 0 Å². The molecule has 0 aliphatic carbocycles. The molecule has 0 aromatic heterocycles. The van der Waals surface area contributed by atoms with Crippen molar-refractivity contribution in [3.05, 3.63) is 0 Å². The molecule has 0 aliphatic heterocycles. The predicted octanol–water partition coefficient (Wildman–Crippen LogP) is 1.99. The van der Waals surface area contributed by atoms with E-state index in [1.54, 1.807) is 0 Å². The maximum Gasteiger partial charge on any atom is 0.441 e. The van der Waals surface area contributed by atoms with Crippen LogP contribution < -0.4 is 10.6 Å². The molecule has 0 aromatic carbocycles. The second-order valence-electron chi connectivity index (χ2n) is 3.99. The molecule has 0 bridgehead atoms. The number of nitrogens with one attached hydrogen (secondary N) is 2. The number of thioether (sulfide) groups is 1. The minimum atomic E-state index is -4.17. The molecule has 0 spiro atoms. The molecule has 0 unspecified atom stereocenters. The minimum absolute atomic E-state index is 0.0306. The first-order valence-corrected chi connectivity index (χ1v) is 6.48. The third kappa shape index (κ3) is 13.5. The van der Waals surface area contributed by atoms with Gasteiger partial charge in [-0.05, 0) is 17.7 Å². The van der Waals surface area contributed by atoms with E-state index in [9.17, 15) is 18.0 Å². The van der Waals surface area contributed by atoms with Crippen molar-refractivity contribution in [2.75, 3.05) is 25.4 Å². The summed E-state index contributed by atoms with van der Waals surface area (Å²) in [5, 5.41) is 5.53. The van der Waals surface area contributed by atoms with Crippen LogP contribution in [0.5, 0.6) is 0 Å². The molecule has 17 heavy (non-hydrogen) atoms. The average molecular weight is 272 g/mol. The summed E-state index contributed by atoms with van der Waals surface area (Å²) in [6.45, 7) is 5.27. The fraction of sp³-hybridized carbons (Fsp3) is 0.900. The standard InChI is InChI=1S/C10H19F3N2OS/c1-8(2)7-15-9(16)3-4-14-5-6-17-10(11,12)13/h8,14H,3-7H2,1-2H3,(H,15,16). The lowest BCUT2D eigenvalue weighted by molar-refractivity contribution is -0.121. The first-order chi connectivity index (χ1) is 7.81. The van der Waals surface area contributed by atoms with Gasteiger partial charge >= 0.3 is 5.51 Å². The SMILES string of the molecule is CC(C)CNC(=O)CCNCCSC(F)(F)F. The lowest BCUT2D eigenvalue weighted by Crippen LogP contribution is -2.31. The van der Waals surface area contributed by atoms with Crippen LogP contribution in [0.25, 0.3) is 0 Å². The number of carbonyl (C=O) groups is 1. The fourth-order valence-electron chi connectivity index (χ4n) is 0.972. The molecule has 102 valence electrons. The molecule has 0 saturated heterocycles. The zero-order valence-electron chi connectivity index (χ0n) is 10.1. The lowest BCUT2D eigenvalue weighted by Gasteiger charge is -2.08. The highest BCUT2D eigenvalue weighted by molar-refractivity contribution is 8.00. The Kier molecular flexibility index (Phi) is 8.41. The van der Waals surface area contributed by atoms with Crippen molar-refractivity contribution in [1.82, 2.24) is 10.6 Å². The number of hydrogen-bond acceptors (Lipinski definition) is 3. The van der Waals surface area contributed by atoms with E-state index in [2.05, 4.69) is 10.6 Å². The smallest absolute Gasteiger partial charge is 0.356 e. The van der Waals surface area contributed by atoms with Gasteiger partial charge in [-0.1, -0.05) is 13.8 Å². The van der Waals surface area contributed by atoms with E-state index in [-0.39, 0.29) is 30.0 Å². The maximum absolute atomic E-state index is 11.7. The van der Waals surface area contributed by atoms with E-state index in [0.717, 1.165) is 0 Å². The first kappa shape index (κ1) is 16.6. The quantitative estimate of drug-likeness (QED) is 0.664. The second-order valence-corrected chi connectivity index (χ2v) is 5.15. The Balaban J connectivity index is 3.31. The van der Waals surface area contributed by atoms with Crippen LogP contribution in [0.2, 0.25) is 0 Å². The number of alkyl halides is 3. The molecular formula is C10H19F3N2OS. The normalized spacial score (nSPS) is 11.9. The van der Waals surface area contributed by atoms with Crippen molar-refractivity contribution in [1.29, 1.82) is 0 Å². The minimum Gasteiger partial charge on any atom is -0.356 e. The number of carbonyl (C=O) groups excluding carboxylic acids is 1. The van der Waals surface area contributed by atoms with E-state index >= 15 is 0 Å². The molecule has 2 N–H and O–H groups in total. The highest BCUT2D eigenvalue weighted by Gasteiger charge is 2.27. The molecule has 0 fully saturated rings. The van der Waals surface area contributed by atoms with Gasteiger partial charge < -0.3 is 10.6 Å². The van der Waals surface area contributed by atoms with Gasteiger partial charge in [0.2, 0.25) is 5.91 Å². The van der Waals surface area contributed by atoms with Gasteiger partial charge in [0.05, 0.1) is 0 Å². The molecule has 0 rings (SSSR count). The van der Waals surface area contributed by atoms with Gasteiger partial charge in [-0.3, -0.25) is 4.79 Å². The van der Waals surface area contributed by atoms with Gasteiger partial charge in [-0.2, -0.15) is 13.2 Å². The number of hydrogen-bond donors (Lipinski definition) is 2. The monoisotopic (exact) mass is 272 g/mol. The van der Waals surface area contributed by atoms with Crippen LogP contribution in [-0.4, -0.2) is 36.8 Å². The maximum atomic E-state index is 11.7. The van der Waals surface area contributed by atoms with Crippen LogP contribution in [0, 0.1) is 5.92 Å². The first-order valence-electron chi connectivity index (χ1n) is 5.49. The summed E-state index contributed by atoms with van der Waals surface area (Å²) >= 11 is -0.0565. The van der Waals surface area contributed by atoms with Crippen LogP contribution in [0.3, 0.4) is 0 Å². The summed E-state index contributed by atoms with van der Waals surface area (Å²) in [4.78, 5) is 11.2. The Hall–Kier alpha value is -0.430. The Bertz CT molecular complexity index is 222. The van der Waals surface area contributed by atoms with Crippen molar-refractivity contribution in [2.45, 2.75) is 25.8 Å². The largest absolute Gasteiger partial charge is 0.441 e. The highest BCUT2D eigenvalue weighted by Crippen LogP contribution is 2.29. The number of halogens is 3. The molecular weight excluding hydrogens is 253 g/mol. The highest BCUT2D eigenvalue weighted by atomic mass is 32.2. The Morgan fingerprint density at radius 2 is 1.94 bits per heavy atom.